The maximum Gasteiger partial charge on any atom is 0.326 e. The van der Waals surface area contributed by atoms with Crippen molar-refractivity contribution in [3.63, 3.8) is 0 Å². The van der Waals surface area contributed by atoms with Crippen LogP contribution in [0.2, 0.25) is 0 Å². The van der Waals surface area contributed by atoms with Crippen molar-refractivity contribution in [1.82, 2.24) is 20.9 Å². The number of carbonyl (C=O) groups excluding carboxylic acids is 4. The topological polar surface area (TPSA) is 228 Å². The van der Waals surface area contributed by atoms with Crippen LogP contribution in [0, 0.1) is 11.8 Å². The summed E-state index contributed by atoms with van der Waals surface area (Å²) in [6.07, 6.45) is -0.243. The first-order valence-electron chi connectivity index (χ1n) is 13.8. The summed E-state index contributed by atoms with van der Waals surface area (Å²) < 4.78 is 0. The van der Waals surface area contributed by atoms with Gasteiger partial charge in [0, 0.05) is 13.0 Å². The van der Waals surface area contributed by atoms with Crippen LogP contribution in [0.25, 0.3) is 0 Å². The van der Waals surface area contributed by atoms with Gasteiger partial charge in [-0.1, -0.05) is 39.8 Å². The third kappa shape index (κ3) is 9.43. The van der Waals surface area contributed by atoms with Crippen LogP contribution in [0.3, 0.4) is 0 Å². The number of carboxylic acids is 2. The summed E-state index contributed by atoms with van der Waals surface area (Å²) >= 11 is 0. The fourth-order valence-corrected chi connectivity index (χ4v) is 4.56. The lowest BCUT2D eigenvalue weighted by Gasteiger charge is -2.31. The molecular formula is C28H41N5O9. The van der Waals surface area contributed by atoms with Gasteiger partial charge in [-0.3, -0.25) is 24.0 Å². The van der Waals surface area contributed by atoms with Crippen molar-refractivity contribution in [2.75, 3.05) is 6.54 Å². The smallest absolute Gasteiger partial charge is 0.326 e. The van der Waals surface area contributed by atoms with Crippen molar-refractivity contribution in [1.29, 1.82) is 0 Å². The number of carbonyl (C=O) groups is 6. The SMILES string of the molecule is CC(C)C(N)C(=O)NC(C(=O)NC(Cc1ccc(O)cc1)C(=O)N1CCCC1C(=O)NC(CC(=O)O)C(=O)O)C(C)C. The molecule has 1 aromatic carbocycles. The highest BCUT2D eigenvalue weighted by atomic mass is 16.4. The van der Waals surface area contributed by atoms with Crippen molar-refractivity contribution in [3.8, 4) is 5.75 Å². The molecule has 14 nitrogen and oxygen atoms in total. The fourth-order valence-electron chi connectivity index (χ4n) is 4.56. The Morgan fingerprint density at radius 3 is 2.05 bits per heavy atom. The highest BCUT2D eigenvalue weighted by Crippen LogP contribution is 2.21. The lowest BCUT2D eigenvalue weighted by molar-refractivity contribution is -0.148. The summed E-state index contributed by atoms with van der Waals surface area (Å²) in [5, 5.41) is 35.5. The molecule has 42 heavy (non-hydrogen) atoms. The van der Waals surface area contributed by atoms with Crippen LogP contribution in [-0.4, -0.2) is 92.5 Å². The van der Waals surface area contributed by atoms with Gasteiger partial charge in [0.2, 0.25) is 23.6 Å². The van der Waals surface area contributed by atoms with E-state index in [4.69, 9.17) is 10.8 Å². The second-order valence-electron chi connectivity index (χ2n) is 11.1. The molecule has 4 amide bonds. The van der Waals surface area contributed by atoms with Crippen molar-refractivity contribution < 1.29 is 44.1 Å². The van der Waals surface area contributed by atoms with Gasteiger partial charge < -0.3 is 41.9 Å². The lowest BCUT2D eigenvalue weighted by atomic mass is 9.99. The highest BCUT2D eigenvalue weighted by Gasteiger charge is 2.40. The first-order chi connectivity index (χ1) is 19.6. The van der Waals surface area contributed by atoms with Crippen LogP contribution >= 0.6 is 0 Å². The minimum Gasteiger partial charge on any atom is -0.508 e. The standard InChI is InChI=1S/C28H41N5O9/c1-14(2)22(29)25(38)32-23(15(3)4)26(39)30-18(12-16-7-9-17(34)10-8-16)27(40)33-11-5-6-20(33)24(37)31-19(28(41)42)13-21(35)36/h7-10,14-15,18-20,22-23,34H,5-6,11-13,29H2,1-4H3,(H,30,39)(H,31,37)(H,32,38)(H,35,36)(H,41,42). The number of nitrogens with zero attached hydrogens (tertiary/aromatic N) is 1. The molecule has 2 rings (SSSR count). The minimum atomic E-state index is -1.69. The van der Waals surface area contributed by atoms with E-state index in [-0.39, 0.29) is 37.0 Å². The van der Waals surface area contributed by atoms with E-state index in [0.29, 0.717) is 12.0 Å². The molecule has 0 radical (unpaired) electrons. The van der Waals surface area contributed by atoms with Gasteiger partial charge >= 0.3 is 11.9 Å². The number of phenolic OH excluding ortho intramolecular Hbond substituents is 1. The predicted octanol–water partition coefficient (Wildman–Crippen LogP) is -0.421. The molecule has 0 saturated carbocycles. The molecule has 14 heteroatoms. The summed E-state index contributed by atoms with van der Waals surface area (Å²) in [4.78, 5) is 76.7. The molecule has 1 saturated heterocycles. The molecule has 5 atom stereocenters. The number of aliphatic carboxylic acids is 2. The lowest BCUT2D eigenvalue weighted by Crippen LogP contribution is -2.60. The number of likely N-dealkylation sites (tertiary alicyclic amines) is 1. The molecule has 1 heterocycles. The Hall–Kier alpha value is -4.20. The molecule has 1 fully saturated rings. The molecule has 8 N–H and O–H groups in total. The van der Waals surface area contributed by atoms with E-state index < -0.39 is 72.2 Å². The molecular weight excluding hydrogens is 550 g/mol. The Bertz CT molecular complexity index is 1150. The Morgan fingerprint density at radius 2 is 1.52 bits per heavy atom. The second-order valence-corrected chi connectivity index (χ2v) is 11.1. The van der Waals surface area contributed by atoms with Gasteiger partial charge in [-0.25, -0.2) is 4.79 Å². The van der Waals surface area contributed by atoms with Crippen LogP contribution in [0.5, 0.6) is 5.75 Å². The van der Waals surface area contributed by atoms with E-state index in [2.05, 4.69) is 16.0 Å². The first kappa shape index (κ1) is 34.0. The molecule has 0 aliphatic carbocycles. The number of hydrogen-bond donors (Lipinski definition) is 7. The van der Waals surface area contributed by atoms with Gasteiger partial charge in [0.1, 0.15) is 29.9 Å². The number of benzene rings is 1. The number of carboxylic acid groups (broad SMARTS) is 2. The van der Waals surface area contributed by atoms with Crippen molar-refractivity contribution in [2.24, 2.45) is 17.6 Å². The van der Waals surface area contributed by atoms with Crippen molar-refractivity contribution in [2.45, 2.75) is 83.6 Å². The molecule has 0 spiro atoms. The summed E-state index contributed by atoms with van der Waals surface area (Å²) in [5.41, 5.74) is 6.54. The van der Waals surface area contributed by atoms with Gasteiger partial charge in [-0.2, -0.15) is 0 Å². The Kier molecular flexibility index (Phi) is 12.3. The first-order valence-corrected chi connectivity index (χ1v) is 13.8. The van der Waals surface area contributed by atoms with Crippen LogP contribution in [-0.2, 0) is 35.2 Å². The Labute approximate surface area is 244 Å². The third-order valence-corrected chi connectivity index (χ3v) is 7.09. The van der Waals surface area contributed by atoms with Crippen LogP contribution in [0.1, 0.15) is 52.5 Å². The Balaban J connectivity index is 2.32. The van der Waals surface area contributed by atoms with E-state index in [0.717, 1.165) is 0 Å². The number of nitrogens with two attached hydrogens (primary N) is 1. The largest absolute Gasteiger partial charge is 0.508 e. The summed E-state index contributed by atoms with van der Waals surface area (Å²) in [5.74, 6) is -6.10. The van der Waals surface area contributed by atoms with E-state index >= 15 is 0 Å². The minimum absolute atomic E-state index is 0.000334. The molecule has 5 unspecified atom stereocenters. The quantitative estimate of drug-likeness (QED) is 0.148. The molecule has 232 valence electrons. The van der Waals surface area contributed by atoms with E-state index in [1.54, 1.807) is 39.8 Å². The number of aromatic hydroxyl groups is 1. The number of nitrogens with one attached hydrogen (secondary N) is 3. The van der Waals surface area contributed by atoms with E-state index in [9.17, 15) is 39.0 Å². The number of rotatable bonds is 14. The van der Waals surface area contributed by atoms with E-state index in [1.807, 2.05) is 0 Å². The monoisotopic (exact) mass is 591 g/mol. The average Bonchev–Trinajstić information content (AvgIpc) is 3.40. The molecule has 1 aromatic rings. The van der Waals surface area contributed by atoms with Gasteiger partial charge in [0.25, 0.3) is 0 Å². The molecule has 1 aliphatic heterocycles. The highest BCUT2D eigenvalue weighted by molar-refractivity contribution is 5.96. The molecule has 0 bridgehead atoms. The normalized spacial score (nSPS) is 17.7. The third-order valence-electron chi connectivity index (χ3n) is 7.09. The van der Waals surface area contributed by atoms with E-state index in [1.165, 1.54) is 17.0 Å². The van der Waals surface area contributed by atoms with Crippen molar-refractivity contribution in [3.05, 3.63) is 29.8 Å². The second kappa shape index (κ2) is 15.1. The van der Waals surface area contributed by atoms with Crippen LogP contribution in [0.15, 0.2) is 24.3 Å². The summed E-state index contributed by atoms with van der Waals surface area (Å²) in [6.45, 7) is 7.12. The zero-order valence-electron chi connectivity index (χ0n) is 24.2. The number of amides is 4. The fraction of sp³-hybridized carbons (Fsp3) is 0.571. The maximum absolute atomic E-state index is 13.8. The van der Waals surface area contributed by atoms with Crippen molar-refractivity contribution >= 4 is 35.6 Å². The maximum atomic E-state index is 13.8. The predicted molar refractivity (Wildman–Crippen MR) is 150 cm³/mol. The van der Waals surface area contributed by atoms with Gasteiger partial charge in [-0.05, 0) is 42.4 Å². The Morgan fingerprint density at radius 1 is 0.905 bits per heavy atom. The van der Waals surface area contributed by atoms with Gasteiger partial charge in [-0.15, -0.1) is 0 Å². The van der Waals surface area contributed by atoms with Gasteiger partial charge in [0.15, 0.2) is 0 Å². The van der Waals surface area contributed by atoms with Crippen LogP contribution in [0.4, 0.5) is 0 Å². The molecule has 1 aliphatic rings. The number of hydrogen-bond acceptors (Lipinski definition) is 8. The van der Waals surface area contributed by atoms with Gasteiger partial charge in [0.05, 0.1) is 12.5 Å². The zero-order chi connectivity index (χ0) is 31.7. The summed E-state index contributed by atoms with van der Waals surface area (Å²) in [6, 6.07) is 0.139. The average molecular weight is 592 g/mol. The number of phenols is 1. The summed E-state index contributed by atoms with van der Waals surface area (Å²) in [7, 11) is 0. The zero-order valence-corrected chi connectivity index (χ0v) is 24.2. The van der Waals surface area contributed by atoms with Crippen LogP contribution < -0.4 is 21.7 Å². The molecule has 0 aromatic heterocycles.